The van der Waals surface area contributed by atoms with Crippen LogP contribution in [0.4, 0.5) is 27.8 Å². The van der Waals surface area contributed by atoms with Crippen molar-refractivity contribution < 1.29 is 45.9 Å². The van der Waals surface area contributed by atoms with Gasteiger partial charge in [-0.05, 0) is 17.8 Å². The summed E-state index contributed by atoms with van der Waals surface area (Å²) in [5.74, 6) is -5.64. The van der Waals surface area contributed by atoms with Gasteiger partial charge in [0.25, 0.3) is 0 Å². The monoisotopic (exact) mass is 521 g/mol. The first-order chi connectivity index (χ1) is 17.0. The zero-order valence-corrected chi connectivity index (χ0v) is 18.5. The molecule has 2 aliphatic heterocycles. The van der Waals surface area contributed by atoms with Crippen molar-refractivity contribution in [3.63, 3.8) is 0 Å². The van der Waals surface area contributed by atoms with Gasteiger partial charge in [-0.25, -0.2) is 8.78 Å². The summed E-state index contributed by atoms with van der Waals surface area (Å²) >= 11 is 0. The molecule has 1 amide bonds. The maximum absolute atomic E-state index is 13.9. The van der Waals surface area contributed by atoms with Crippen molar-refractivity contribution in [2.24, 2.45) is 0 Å². The molecular formula is C20H20F5N5O6. The van der Waals surface area contributed by atoms with E-state index in [1.54, 1.807) is 0 Å². The Morgan fingerprint density at radius 3 is 2.50 bits per heavy atom. The molecule has 36 heavy (non-hydrogen) atoms. The van der Waals surface area contributed by atoms with Gasteiger partial charge in [0.05, 0.1) is 13.2 Å². The molecule has 1 aromatic carbocycles. The van der Waals surface area contributed by atoms with Crippen LogP contribution in [0.5, 0.6) is 17.5 Å². The van der Waals surface area contributed by atoms with Crippen molar-refractivity contribution >= 4 is 11.7 Å². The first kappa shape index (κ1) is 25.4. The Balaban J connectivity index is 1.27. The fraction of sp³-hybridized carbons (Fsp3) is 0.500. The standard InChI is InChI=1S/C20H20F5N5O6/c21-13-7-12(8-14(22)18(13)36-20(23,24)25)35-11-1-4-28(5-2-11)10-17(31)26-15-3-6-34-19-27-16(30(32)33)9-29(15)19/h7-9,11,15H,1-6,10H2,(H,26,31)/t15-/m0/s1. The molecule has 1 aromatic heterocycles. The first-order valence-electron chi connectivity index (χ1n) is 10.8. The zero-order chi connectivity index (χ0) is 26.0. The Hall–Kier alpha value is -3.69. The number of likely N-dealkylation sites (tertiary alicyclic amines) is 1. The smallest absolute Gasteiger partial charge is 0.490 e. The van der Waals surface area contributed by atoms with E-state index < -0.39 is 46.8 Å². The van der Waals surface area contributed by atoms with E-state index >= 15 is 0 Å². The second-order valence-corrected chi connectivity index (χ2v) is 8.12. The van der Waals surface area contributed by atoms with Crippen LogP contribution in [-0.4, -0.2) is 64.0 Å². The summed E-state index contributed by atoms with van der Waals surface area (Å²) in [7, 11) is 0. The van der Waals surface area contributed by atoms with Crippen molar-refractivity contribution in [3.8, 4) is 17.5 Å². The minimum Gasteiger partial charge on any atom is -0.490 e. The van der Waals surface area contributed by atoms with Crippen molar-refractivity contribution in [1.82, 2.24) is 19.8 Å². The maximum Gasteiger partial charge on any atom is 0.573 e. The summed E-state index contributed by atoms with van der Waals surface area (Å²) in [5, 5.41) is 13.7. The number of imidazole rings is 1. The molecule has 0 spiro atoms. The molecule has 0 radical (unpaired) electrons. The molecule has 16 heteroatoms. The highest BCUT2D eigenvalue weighted by Gasteiger charge is 2.35. The SMILES string of the molecule is O=C(CN1CCC(Oc2cc(F)c(OC(F)(F)F)c(F)c2)CC1)N[C@@H]1CCOc2nc([N+](=O)[O-])cn21. The molecule has 1 N–H and O–H groups in total. The van der Waals surface area contributed by atoms with Gasteiger partial charge < -0.3 is 29.6 Å². The predicted molar refractivity (Wildman–Crippen MR) is 109 cm³/mol. The number of amides is 1. The van der Waals surface area contributed by atoms with Gasteiger partial charge in [-0.1, -0.05) is 0 Å². The summed E-state index contributed by atoms with van der Waals surface area (Å²) in [6, 6.07) is 1.28. The number of rotatable bonds is 7. The van der Waals surface area contributed by atoms with E-state index in [-0.39, 0.29) is 30.8 Å². The molecule has 0 unspecified atom stereocenters. The number of nitro groups is 1. The zero-order valence-electron chi connectivity index (χ0n) is 18.5. The summed E-state index contributed by atoms with van der Waals surface area (Å²) in [6.07, 6.45) is -3.90. The minimum absolute atomic E-state index is 0.0307. The number of nitrogens with zero attached hydrogens (tertiary/aromatic N) is 4. The summed E-state index contributed by atoms with van der Waals surface area (Å²) < 4.78 is 80.1. The van der Waals surface area contributed by atoms with Crippen LogP contribution in [-0.2, 0) is 4.79 Å². The minimum atomic E-state index is -5.24. The van der Waals surface area contributed by atoms with Crippen LogP contribution in [0.25, 0.3) is 0 Å². The van der Waals surface area contributed by atoms with Gasteiger partial charge in [-0.2, -0.15) is 0 Å². The van der Waals surface area contributed by atoms with Crippen molar-refractivity contribution in [2.45, 2.75) is 37.9 Å². The van der Waals surface area contributed by atoms with Crippen LogP contribution in [0.1, 0.15) is 25.4 Å². The number of hydrogen-bond donors (Lipinski definition) is 1. The van der Waals surface area contributed by atoms with Gasteiger partial charge in [0.2, 0.25) is 11.7 Å². The highest BCUT2D eigenvalue weighted by atomic mass is 19.4. The molecule has 1 fully saturated rings. The van der Waals surface area contributed by atoms with Crippen LogP contribution in [0.2, 0.25) is 0 Å². The number of benzene rings is 1. The third-order valence-corrected chi connectivity index (χ3v) is 5.55. The average Bonchev–Trinajstić information content (AvgIpc) is 3.23. The molecule has 2 aliphatic rings. The Kier molecular flexibility index (Phi) is 7.14. The van der Waals surface area contributed by atoms with Gasteiger partial charge >= 0.3 is 18.2 Å². The van der Waals surface area contributed by atoms with E-state index in [1.165, 1.54) is 10.8 Å². The number of alkyl halides is 3. The number of carbonyl (C=O) groups is 1. The average molecular weight is 521 g/mol. The van der Waals surface area contributed by atoms with Crippen molar-refractivity contribution in [1.29, 1.82) is 0 Å². The Bertz CT molecular complexity index is 1110. The van der Waals surface area contributed by atoms with Crippen LogP contribution in [0.15, 0.2) is 18.3 Å². The van der Waals surface area contributed by atoms with Crippen molar-refractivity contribution in [3.05, 3.63) is 40.1 Å². The number of carbonyl (C=O) groups excluding carboxylic acids is 1. The van der Waals surface area contributed by atoms with E-state index in [0.717, 1.165) is 0 Å². The number of piperidine rings is 1. The number of ether oxygens (including phenoxy) is 3. The maximum atomic E-state index is 13.9. The Labute approximate surface area is 199 Å². The van der Waals surface area contributed by atoms with Crippen LogP contribution in [0.3, 0.4) is 0 Å². The number of nitrogens with one attached hydrogen (secondary N) is 1. The lowest BCUT2D eigenvalue weighted by atomic mass is 10.1. The van der Waals surface area contributed by atoms with Crippen LogP contribution >= 0.6 is 0 Å². The highest BCUT2D eigenvalue weighted by molar-refractivity contribution is 5.78. The lowest BCUT2D eigenvalue weighted by Gasteiger charge is -2.32. The van der Waals surface area contributed by atoms with E-state index in [2.05, 4.69) is 15.0 Å². The molecule has 1 saturated heterocycles. The fourth-order valence-corrected chi connectivity index (χ4v) is 3.96. The lowest BCUT2D eigenvalue weighted by molar-refractivity contribution is -0.389. The molecule has 3 heterocycles. The van der Waals surface area contributed by atoms with Gasteiger partial charge in [-0.3, -0.25) is 14.3 Å². The predicted octanol–water partition coefficient (Wildman–Crippen LogP) is 2.91. The van der Waals surface area contributed by atoms with Gasteiger partial charge in [-0.15, -0.1) is 13.2 Å². The van der Waals surface area contributed by atoms with Gasteiger partial charge in [0, 0.05) is 36.6 Å². The topological polar surface area (TPSA) is 121 Å². The van der Waals surface area contributed by atoms with Crippen LogP contribution < -0.4 is 19.5 Å². The van der Waals surface area contributed by atoms with Crippen molar-refractivity contribution in [2.75, 3.05) is 26.2 Å². The molecular weight excluding hydrogens is 501 g/mol. The normalized spacial score (nSPS) is 18.8. The summed E-state index contributed by atoms with van der Waals surface area (Å²) in [4.78, 5) is 28.4. The lowest BCUT2D eigenvalue weighted by Crippen LogP contribution is -2.45. The molecule has 2 aromatic rings. The Morgan fingerprint density at radius 2 is 1.89 bits per heavy atom. The molecule has 0 aliphatic carbocycles. The summed E-state index contributed by atoms with van der Waals surface area (Å²) in [6.45, 7) is 1.08. The quantitative estimate of drug-likeness (QED) is 0.336. The second kappa shape index (κ2) is 10.1. The molecule has 1 atom stereocenters. The first-order valence-corrected chi connectivity index (χ1v) is 10.8. The van der Waals surface area contributed by atoms with E-state index in [1.807, 2.05) is 4.90 Å². The third-order valence-electron chi connectivity index (χ3n) is 5.55. The number of aromatic nitrogens is 2. The fourth-order valence-electron chi connectivity index (χ4n) is 3.96. The Morgan fingerprint density at radius 1 is 1.22 bits per heavy atom. The molecule has 11 nitrogen and oxygen atoms in total. The molecule has 4 rings (SSSR count). The largest absolute Gasteiger partial charge is 0.573 e. The van der Waals surface area contributed by atoms with E-state index in [0.29, 0.717) is 44.5 Å². The number of fused-ring (bicyclic) bond motifs is 1. The van der Waals surface area contributed by atoms with Gasteiger partial charge in [0.1, 0.15) is 24.2 Å². The number of hydrogen-bond acceptors (Lipinski definition) is 8. The molecule has 196 valence electrons. The van der Waals surface area contributed by atoms with E-state index in [9.17, 15) is 36.9 Å². The highest BCUT2D eigenvalue weighted by Crippen LogP contribution is 2.32. The van der Waals surface area contributed by atoms with Gasteiger partial charge in [0.15, 0.2) is 11.6 Å². The number of halogens is 5. The second-order valence-electron chi connectivity index (χ2n) is 8.12. The third kappa shape index (κ3) is 6.10. The molecule has 0 saturated carbocycles. The van der Waals surface area contributed by atoms with Crippen LogP contribution in [0, 0.1) is 21.7 Å². The summed E-state index contributed by atoms with van der Waals surface area (Å²) in [5.41, 5.74) is 0. The molecule has 0 bridgehead atoms. The van der Waals surface area contributed by atoms with E-state index in [4.69, 9.17) is 9.47 Å².